The summed E-state index contributed by atoms with van der Waals surface area (Å²) in [6.45, 7) is 2.21. The molecular weight excluding hydrogens is 424 g/mol. The van der Waals surface area contributed by atoms with Gasteiger partial charge in [0.15, 0.2) is 6.04 Å². The molecule has 0 spiro atoms. The highest BCUT2D eigenvalue weighted by Crippen LogP contribution is 2.29. The molecule has 4 N–H and O–H groups in total. The van der Waals surface area contributed by atoms with Gasteiger partial charge in [-0.15, -0.1) is 10.2 Å². The number of aliphatic hydroxyl groups is 1. The summed E-state index contributed by atoms with van der Waals surface area (Å²) in [7, 11) is 0. The van der Waals surface area contributed by atoms with Crippen LogP contribution in [0, 0.1) is 0 Å². The molecule has 0 unspecified atom stereocenters. The van der Waals surface area contributed by atoms with Crippen molar-refractivity contribution in [3.8, 4) is 22.5 Å². The number of unbranched alkanes of at least 4 members (excludes halogenated alkanes) is 2. The van der Waals surface area contributed by atoms with Crippen LogP contribution in [-0.2, 0) is 11.3 Å². The number of nitrogens with zero attached hydrogens (tertiary/aromatic N) is 4. The molecule has 0 saturated heterocycles. The number of hydrogen-bond acceptors (Lipinski definition) is 6. The van der Waals surface area contributed by atoms with Crippen LogP contribution in [0.4, 0.5) is 4.79 Å². The van der Waals surface area contributed by atoms with Gasteiger partial charge in [-0.3, -0.25) is 0 Å². The Kier molecular flexibility index (Phi) is 8.48. The van der Waals surface area contributed by atoms with Gasteiger partial charge in [0, 0.05) is 18.7 Å². The smallest absolute Gasteiger partial charge is 0.328 e. The van der Waals surface area contributed by atoms with Crippen LogP contribution in [0.1, 0.15) is 31.7 Å². The van der Waals surface area contributed by atoms with Gasteiger partial charge in [0.2, 0.25) is 5.82 Å². The normalized spacial score (nSPS) is 11.7. The van der Waals surface area contributed by atoms with Crippen LogP contribution >= 0.6 is 0 Å². The van der Waals surface area contributed by atoms with Crippen LogP contribution in [0.5, 0.6) is 0 Å². The number of carboxylic acid groups (broad SMARTS) is 1. The van der Waals surface area contributed by atoms with Crippen molar-refractivity contribution in [2.45, 2.75) is 38.8 Å². The fourth-order valence-electron chi connectivity index (χ4n) is 3.45. The molecule has 0 radical (unpaired) electrons. The minimum absolute atomic E-state index is 0.320. The second-order valence-corrected chi connectivity index (χ2v) is 7.63. The van der Waals surface area contributed by atoms with Gasteiger partial charge in [-0.2, -0.15) is 5.21 Å². The Morgan fingerprint density at radius 1 is 1.09 bits per heavy atom. The van der Waals surface area contributed by atoms with E-state index in [4.69, 9.17) is 5.11 Å². The molecule has 10 nitrogen and oxygen atoms in total. The summed E-state index contributed by atoms with van der Waals surface area (Å²) in [5.74, 6) is -0.769. The molecule has 2 amide bonds. The molecule has 3 aromatic rings. The number of carbonyl (C=O) groups is 2. The zero-order valence-corrected chi connectivity index (χ0v) is 18.4. The molecule has 10 heteroatoms. The minimum Gasteiger partial charge on any atom is -0.480 e. The summed E-state index contributed by atoms with van der Waals surface area (Å²) < 4.78 is 0. The first-order valence-corrected chi connectivity index (χ1v) is 10.8. The van der Waals surface area contributed by atoms with Gasteiger partial charge in [0.25, 0.3) is 0 Å². The first-order chi connectivity index (χ1) is 16.0. The van der Waals surface area contributed by atoms with Crippen LogP contribution in [-0.4, -0.2) is 66.9 Å². The Balaban J connectivity index is 1.76. The highest BCUT2D eigenvalue weighted by molar-refractivity contribution is 5.83. The van der Waals surface area contributed by atoms with Crippen molar-refractivity contribution in [1.82, 2.24) is 30.8 Å². The number of aromatic nitrogens is 4. The van der Waals surface area contributed by atoms with Crippen molar-refractivity contribution in [3.05, 3.63) is 54.1 Å². The lowest BCUT2D eigenvalue weighted by molar-refractivity contribution is -0.140. The van der Waals surface area contributed by atoms with Crippen LogP contribution in [0.2, 0.25) is 0 Å². The molecule has 0 saturated carbocycles. The van der Waals surface area contributed by atoms with Gasteiger partial charge in [0.05, 0.1) is 6.61 Å². The lowest BCUT2D eigenvalue weighted by Crippen LogP contribution is -2.49. The van der Waals surface area contributed by atoms with E-state index in [1.165, 1.54) is 0 Å². The Morgan fingerprint density at radius 3 is 2.42 bits per heavy atom. The van der Waals surface area contributed by atoms with E-state index in [-0.39, 0.29) is 0 Å². The van der Waals surface area contributed by atoms with Crippen LogP contribution < -0.4 is 5.32 Å². The van der Waals surface area contributed by atoms with E-state index in [0.717, 1.165) is 41.5 Å². The van der Waals surface area contributed by atoms with Crippen molar-refractivity contribution in [2.24, 2.45) is 0 Å². The summed E-state index contributed by atoms with van der Waals surface area (Å²) >= 11 is 0. The summed E-state index contributed by atoms with van der Waals surface area (Å²) in [5, 5.41) is 35.0. The third-order valence-electron chi connectivity index (χ3n) is 5.25. The lowest BCUT2D eigenvalue weighted by atomic mass is 9.98. The maximum atomic E-state index is 12.7. The fourth-order valence-corrected chi connectivity index (χ4v) is 3.45. The van der Waals surface area contributed by atoms with E-state index >= 15 is 0 Å². The zero-order chi connectivity index (χ0) is 23.6. The number of aliphatic carboxylic acids is 1. The van der Waals surface area contributed by atoms with E-state index in [1.54, 1.807) is 4.90 Å². The number of amides is 2. The number of urea groups is 1. The molecular formula is C23H28N6O4. The molecule has 0 aliphatic heterocycles. The van der Waals surface area contributed by atoms with Gasteiger partial charge in [0.1, 0.15) is 0 Å². The highest BCUT2D eigenvalue weighted by atomic mass is 16.4. The maximum absolute atomic E-state index is 12.7. The van der Waals surface area contributed by atoms with Crippen molar-refractivity contribution in [1.29, 1.82) is 0 Å². The zero-order valence-electron chi connectivity index (χ0n) is 18.4. The number of aromatic amines is 1. The molecule has 174 valence electrons. The molecule has 3 rings (SSSR count). The highest BCUT2D eigenvalue weighted by Gasteiger charge is 2.22. The molecule has 1 heterocycles. The number of tetrazole rings is 1. The Hall–Kier alpha value is -3.79. The average Bonchev–Trinajstić information content (AvgIpc) is 3.37. The van der Waals surface area contributed by atoms with E-state index < -0.39 is 24.6 Å². The largest absolute Gasteiger partial charge is 0.480 e. The van der Waals surface area contributed by atoms with E-state index in [9.17, 15) is 14.7 Å². The number of H-pyrrole nitrogens is 1. The van der Waals surface area contributed by atoms with Crippen molar-refractivity contribution < 1.29 is 19.8 Å². The van der Waals surface area contributed by atoms with Crippen molar-refractivity contribution in [3.63, 3.8) is 0 Å². The fraction of sp³-hybridized carbons (Fsp3) is 0.348. The molecule has 0 bridgehead atoms. The van der Waals surface area contributed by atoms with E-state index in [0.29, 0.717) is 18.9 Å². The quantitative estimate of drug-likeness (QED) is 0.327. The molecule has 2 aromatic carbocycles. The number of rotatable bonds is 11. The summed E-state index contributed by atoms with van der Waals surface area (Å²) in [6.07, 6.45) is 2.76. The predicted molar refractivity (Wildman–Crippen MR) is 122 cm³/mol. The monoisotopic (exact) mass is 452 g/mol. The van der Waals surface area contributed by atoms with E-state index in [1.807, 2.05) is 48.5 Å². The Labute approximate surface area is 191 Å². The lowest BCUT2D eigenvalue weighted by Gasteiger charge is -2.25. The van der Waals surface area contributed by atoms with E-state index in [2.05, 4.69) is 32.9 Å². The van der Waals surface area contributed by atoms with Gasteiger partial charge in [-0.05, 0) is 28.3 Å². The van der Waals surface area contributed by atoms with Crippen molar-refractivity contribution >= 4 is 12.0 Å². The number of hydrogen-bond donors (Lipinski definition) is 4. The molecule has 33 heavy (non-hydrogen) atoms. The molecule has 1 atom stereocenters. The van der Waals surface area contributed by atoms with Crippen LogP contribution in [0.15, 0.2) is 48.5 Å². The topological polar surface area (TPSA) is 144 Å². The number of benzene rings is 2. The minimum atomic E-state index is -1.34. The molecule has 0 aliphatic carbocycles. The summed E-state index contributed by atoms with van der Waals surface area (Å²) in [5.41, 5.74) is 3.67. The maximum Gasteiger partial charge on any atom is 0.328 e. The molecule has 0 aliphatic rings. The van der Waals surface area contributed by atoms with Gasteiger partial charge in [-0.25, -0.2) is 9.59 Å². The van der Waals surface area contributed by atoms with Gasteiger partial charge in [-0.1, -0.05) is 68.3 Å². The second kappa shape index (κ2) is 11.7. The third kappa shape index (κ3) is 6.36. The van der Waals surface area contributed by atoms with Crippen molar-refractivity contribution in [2.75, 3.05) is 13.2 Å². The third-order valence-corrected chi connectivity index (χ3v) is 5.25. The first kappa shape index (κ1) is 23.9. The van der Waals surface area contributed by atoms with Gasteiger partial charge < -0.3 is 20.4 Å². The Morgan fingerprint density at radius 2 is 1.82 bits per heavy atom. The first-order valence-electron chi connectivity index (χ1n) is 10.8. The number of aliphatic hydroxyl groups excluding tert-OH is 1. The summed E-state index contributed by atoms with van der Waals surface area (Å²) in [4.78, 5) is 25.5. The number of carbonyl (C=O) groups excluding carboxylic acids is 1. The van der Waals surface area contributed by atoms with Crippen LogP contribution in [0.3, 0.4) is 0 Å². The standard InChI is InChI=1S/C23H28N6O4/c1-2-3-6-13-29(23(33)24-20(15-30)22(31)32)14-16-9-11-17(12-10-16)18-7-4-5-8-19(18)21-25-27-28-26-21/h4-5,7-12,20,30H,2-3,6,13-15H2,1H3,(H,24,33)(H,31,32)(H,25,26,27,28)/t20-/m0/s1. The Bertz CT molecular complexity index is 1040. The number of carboxylic acids is 1. The predicted octanol–water partition coefficient (Wildman–Crippen LogP) is 2.68. The summed E-state index contributed by atoms with van der Waals surface area (Å²) in [6, 6.07) is 13.7. The number of nitrogens with one attached hydrogen (secondary N) is 2. The molecule has 1 aromatic heterocycles. The van der Waals surface area contributed by atoms with Gasteiger partial charge >= 0.3 is 12.0 Å². The second-order valence-electron chi connectivity index (χ2n) is 7.63. The van der Waals surface area contributed by atoms with Crippen LogP contribution in [0.25, 0.3) is 22.5 Å². The average molecular weight is 453 g/mol. The SMILES string of the molecule is CCCCCN(Cc1ccc(-c2ccccc2-c2nn[nH]n2)cc1)C(=O)N[C@@H](CO)C(=O)O. The molecule has 0 fully saturated rings.